The van der Waals surface area contributed by atoms with Gasteiger partial charge in [-0.2, -0.15) is 13.2 Å². The van der Waals surface area contributed by atoms with Gasteiger partial charge in [-0.3, -0.25) is 9.78 Å². The highest BCUT2D eigenvalue weighted by Crippen LogP contribution is 2.50. The molecule has 0 saturated carbocycles. The van der Waals surface area contributed by atoms with Crippen LogP contribution < -0.4 is 4.90 Å². The molecular weight excluding hydrogens is 472 g/mol. The van der Waals surface area contributed by atoms with E-state index in [1.54, 1.807) is 4.90 Å². The van der Waals surface area contributed by atoms with Crippen LogP contribution in [0.5, 0.6) is 0 Å². The van der Waals surface area contributed by atoms with E-state index in [9.17, 15) is 31.1 Å². The summed E-state index contributed by atoms with van der Waals surface area (Å²) in [5.41, 5.74) is -1.31. The zero-order valence-electron chi connectivity index (χ0n) is 17.5. The highest BCUT2D eigenvalue weighted by Gasteiger charge is 2.60. The number of aromatic nitrogens is 3. The monoisotopic (exact) mass is 491 g/mol. The summed E-state index contributed by atoms with van der Waals surface area (Å²) in [7, 11) is 0. The zero-order valence-corrected chi connectivity index (χ0v) is 17.5. The fraction of sp³-hybridized carbons (Fsp3) is 0.450. The molecule has 2 aromatic heterocycles. The van der Waals surface area contributed by atoms with Crippen molar-refractivity contribution in [3.63, 3.8) is 0 Å². The van der Waals surface area contributed by atoms with E-state index in [0.29, 0.717) is 0 Å². The van der Waals surface area contributed by atoms with Crippen LogP contribution in [0, 0.1) is 11.2 Å². The number of carboxylic acid groups (broad SMARTS) is 1. The lowest BCUT2D eigenvalue weighted by atomic mass is 9.75. The molecule has 1 N–H and O–H groups in total. The standard InChI is InChI=1S/C18H18F3N5O.C2HF3O2/c19-13-2-1-5-24-15(13)25-8-3-17(11-25)12-26(9-4-18(17,20)21)16(27)14-10-22-6-7-23-14;3-2(4,5)1(6)7/h1-2,5-7,10H,3-4,8-9,11-12H2;(H,6,7). The van der Waals surface area contributed by atoms with Crippen LogP contribution in [-0.2, 0) is 4.79 Å². The van der Waals surface area contributed by atoms with Gasteiger partial charge in [-0.25, -0.2) is 27.9 Å². The number of halogens is 6. The van der Waals surface area contributed by atoms with Crippen molar-refractivity contribution in [2.75, 3.05) is 31.1 Å². The molecule has 2 fully saturated rings. The lowest BCUT2D eigenvalue weighted by Gasteiger charge is -2.45. The van der Waals surface area contributed by atoms with Gasteiger partial charge in [-0.15, -0.1) is 0 Å². The molecule has 0 aromatic carbocycles. The van der Waals surface area contributed by atoms with E-state index >= 15 is 0 Å². The van der Waals surface area contributed by atoms with Crippen molar-refractivity contribution in [3.05, 3.63) is 48.4 Å². The quantitative estimate of drug-likeness (QED) is 0.645. The maximum Gasteiger partial charge on any atom is 0.490 e. The maximum absolute atomic E-state index is 14.9. The molecule has 0 aliphatic carbocycles. The molecule has 1 unspecified atom stereocenters. The molecule has 2 aliphatic rings. The molecule has 0 bridgehead atoms. The fourth-order valence-corrected chi connectivity index (χ4v) is 3.94. The molecule has 14 heteroatoms. The molecule has 4 rings (SSSR count). The SMILES string of the molecule is O=C(O)C(F)(F)F.O=C(c1cnccn1)N1CCC(F)(F)C2(CCN(c3ncccc3F)C2)C1. The van der Waals surface area contributed by atoms with Crippen LogP contribution in [0.25, 0.3) is 0 Å². The Morgan fingerprint density at radius 2 is 1.74 bits per heavy atom. The minimum absolute atomic E-state index is 0.0535. The lowest BCUT2D eigenvalue weighted by Crippen LogP contribution is -2.58. The Morgan fingerprint density at radius 1 is 1.03 bits per heavy atom. The predicted octanol–water partition coefficient (Wildman–Crippen LogP) is 3.02. The number of pyridine rings is 1. The van der Waals surface area contributed by atoms with Crippen LogP contribution in [0.3, 0.4) is 0 Å². The van der Waals surface area contributed by atoms with E-state index < -0.39 is 41.6 Å². The van der Waals surface area contributed by atoms with Crippen molar-refractivity contribution >= 4 is 17.7 Å². The highest BCUT2D eigenvalue weighted by molar-refractivity contribution is 5.92. The average Bonchev–Trinajstić information content (AvgIpc) is 3.21. The van der Waals surface area contributed by atoms with E-state index in [2.05, 4.69) is 15.0 Å². The van der Waals surface area contributed by atoms with Gasteiger partial charge in [0.1, 0.15) is 5.69 Å². The second-order valence-electron chi connectivity index (χ2n) is 7.84. The van der Waals surface area contributed by atoms with E-state index in [0.717, 1.165) is 0 Å². The molecule has 0 radical (unpaired) electrons. The van der Waals surface area contributed by atoms with Gasteiger partial charge in [0.05, 0.1) is 11.6 Å². The van der Waals surface area contributed by atoms with Crippen molar-refractivity contribution in [2.45, 2.75) is 24.9 Å². The largest absolute Gasteiger partial charge is 0.490 e. The first kappa shape index (κ1) is 25.2. The molecule has 184 valence electrons. The van der Waals surface area contributed by atoms with Gasteiger partial charge in [-0.05, 0) is 18.6 Å². The molecular formula is C20H19F6N5O3. The van der Waals surface area contributed by atoms with Crippen molar-refractivity contribution in [1.82, 2.24) is 19.9 Å². The Hall–Kier alpha value is -3.45. The zero-order chi connectivity index (χ0) is 25.1. The van der Waals surface area contributed by atoms with E-state index in [4.69, 9.17) is 9.90 Å². The smallest absolute Gasteiger partial charge is 0.475 e. The first-order chi connectivity index (χ1) is 15.9. The van der Waals surface area contributed by atoms with Crippen LogP contribution >= 0.6 is 0 Å². The summed E-state index contributed by atoms with van der Waals surface area (Å²) in [6.07, 6.45) is 0.234. The normalized spacial score (nSPS) is 21.7. The van der Waals surface area contributed by atoms with Gasteiger partial charge in [0.25, 0.3) is 11.8 Å². The van der Waals surface area contributed by atoms with Gasteiger partial charge >= 0.3 is 12.1 Å². The third-order valence-electron chi connectivity index (χ3n) is 5.67. The number of piperidine rings is 1. The van der Waals surface area contributed by atoms with Crippen molar-refractivity contribution < 1.29 is 41.0 Å². The maximum atomic E-state index is 14.9. The predicted molar refractivity (Wildman–Crippen MR) is 105 cm³/mol. The first-order valence-corrected chi connectivity index (χ1v) is 9.95. The number of carbonyl (C=O) groups is 2. The highest BCUT2D eigenvalue weighted by atomic mass is 19.4. The lowest BCUT2D eigenvalue weighted by molar-refractivity contribution is -0.192. The van der Waals surface area contributed by atoms with Crippen molar-refractivity contribution in [3.8, 4) is 0 Å². The number of anilines is 1. The van der Waals surface area contributed by atoms with Crippen LogP contribution in [0.15, 0.2) is 36.9 Å². The van der Waals surface area contributed by atoms with Crippen LogP contribution in [0.4, 0.5) is 32.2 Å². The molecule has 4 heterocycles. The van der Waals surface area contributed by atoms with E-state index in [1.807, 2.05) is 0 Å². The number of carboxylic acids is 1. The fourth-order valence-electron chi connectivity index (χ4n) is 3.94. The first-order valence-electron chi connectivity index (χ1n) is 9.95. The van der Waals surface area contributed by atoms with Gasteiger partial charge in [0, 0.05) is 51.2 Å². The number of hydrogen-bond acceptors (Lipinski definition) is 6. The summed E-state index contributed by atoms with van der Waals surface area (Å²) < 4.78 is 75.6. The van der Waals surface area contributed by atoms with E-state index in [-0.39, 0.29) is 44.1 Å². The number of nitrogens with zero attached hydrogens (tertiary/aromatic N) is 5. The second-order valence-corrected chi connectivity index (χ2v) is 7.84. The minimum atomic E-state index is -5.08. The van der Waals surface area contributed by atoms with E-state index in [1.165, 1.54) is 41.8 Å². The molecule has 8 nitrogen and oxygen atoms in total. The van der Waals surface area contributed by atoms with Crippen molar-refractivity contribution in [2.24, 2.45) is 5.41 Å². The summed E-state index contributed by atoms with van der Waals surface area (Å²) in [6.45, 7) is 0.0390. The number of alkyl halides is 5. The molecule has 2 aromatic rings. The Labute approximate surface area is 189 Å². The third kappa shape index (κ3) is 5.20. The third-order valence-corrected chi connectivity index (χ3v) is 5.67. The Balaban J connectivity index is 0.000000406. The van der Waals surface area contributed by atoms with Gasteiger partial charge in [0.15, 0.2) is 11.6 Å². The summed E-state index contributed by atoms with van der Waals surface area (Å²) in [5.74, 6) is -6.59. The summed E-state index contributed by atoms with van der Waals surface area (Å²) in [6, 6.07) is 2.72. The van der Waals surface area contributed by atoms with Crippen molar-refractivity contribution in [1.29, 1.82) is 0 Å². The molecule has 34 heavy (non-hydrogen) atoms. The second kappa shape index (κ2) is 9.43. The number of hydrogen-bond donors (Lipinski definition) is 1. The molecule has 1 atom stereocenters. The number of likely N-dealkylation sites (tertiary alicyclic amines) is 1. The molecule has 1 spiro atoms. The van der Waals surface area contributed by atoms with Gasteiger partial charge in [-0.1, -0.05) is 0 Å². The minimum Gasteiger partial charge on any atom is -0.475 e. The topological polar surface area (TPSA) is 99.5 Å². The van der Waals surface area contributed by atoms with Crippen LogP contribution in [0.2, 0.25) is 0 Å². The molecule has 2 saturated heterocycles. The number of amides is 1. The number of rotatable bonds is 2. The Morgan fingerprint density at radius 3 is 2.32 bits per heavy atom. The summed E-state index contributed by atoms with van der Waals surface area (Å²) >= 11 is 0. The Kier molecular flexibility index (Phi) is 6.98. The summed E-state index contributed by atoms with van der Waals surface area (Å²) in [5, 5.41) is 7.12. The summed E-state index contributed by atoms with van der Waals surface area (Å²) in [4.78, 5) is 36.3. The molecule has 1 amide bonds. The van der Waals surface area contributed by atoms with Gasteiger partial charge < -0.3 is 14.9 Å². The molecule has 2 aliphatic heterocycles. The average molecular weight is 491 g/mol. The number of aliphatic carboxylic acids is 1. The van der Waals surface area contributed by atoms with Crippen LogP contribution in [0.1, 0.15) is 23.3 Å². The number of carbonyl (C=O) groups excluding carboxylic acids is 1. The van der Waals surface area contributed by atoms with Crippen LogP contribution in [-0.4, -0.2) is 75.1 Å². The Bertz CT molecular complexity index is 1040. The van der Waals surface area contributed by atoms with Gasteiger partial charge in [0.2, 0.25) is 0 Å².